The lowest BCUT2D eigenvalue weighted by Gasteiger charge is -2.49. The molecule has 2 bridgehead atoms. The van der Waals surface area contributed by atoms with Crippen molar-refractivity contribution in [3.05, 3.63) is 28.9 Å². The molecule has 1 amide bonds. The van der Waals surface area contributed by atoms with Crippen LogP contribution in [-0.2, 0) is 0 Å². The van der Waals surface area contributed by atoms with Crippen LogP contribution in [0, 0.1) is 18.3 Å². The van der Waals surface area contributed by atoms with Crippen LogP contribution in [-0.4, -0.2) is 41.0 Å². The summed E-state index contributed by atoms with van der Waals surface area (Å²) in [6.07, 6.45) is 9.62. The van der Waals surface area contributed by atoms with E-state index in [1.165, 1.54) is 12.8 Å². The van der Waals surface area contributed by atoms with Crippen molar-refractivity contribution in [2.75, 3.05) is 13.1 Å². The molecule has 1 N–H and O–H groups in total. The van der Waals surface area contributed by atoms with Gasteiger partial charge in [0.05, 0.1) is 4.70 Å². The topological polar surface area (TPSA) is 45.2 Å². The average Bonchev–Trinajstić information content (AvgIpc) is 3.00. The van der Waals surface area contributed by atoms with Crippen LogP contribution in [0.1, 0.15) is 35.8 Å². The highest BCUT2D eigenvalue weighted by Crippen LogP contribution is 2.32. The standard InChI is InChI=1S/C18H19N3OS/c1-3-12-10-23-16-9-19-15(8-14(12)16)18(22)20-17-11(2)21-6-4-13(17)5-7-21/h1,8-11,13,17H,4-7H2,2H3,(H,20,22). The minimum Gasteiger partial charge on any atom is -0.346 e. The van der Waals surface area contributed by atoms with E-state index in [1.54, 1.807) is 17.5 Å². The zero-order chi connectivity index (χ0) is 16.0. The number of hydrogen-bond donors (Lipinski definition) is 1. The van der Waals surface area contributed by atoms with E-state index in [4.69, 9.17) is 6.42 Å². The Labute approximate surface area is 139 Å². The van der Waals surface area contributed by atoms with Gasteiger partial charge in [0.1, 0.15) is 5.69 Å². The number of nitrogens with zero attached hydrogens (tertiary/aromatic N) is 2. The maximum atomic E-state index is 12.7. The fraction of sp³-hybridized carbons (Fsp3) is 0.444. The van der Waals surface area contributed by atoms with Gasteiger partial charge in [-0.3, -0.25) is 9.69 Å². The van der Waals surface area contributed by atoms with Gasteiger partial charge in [-0.15, -0.1) is 17.8 Å². The first-order chi connectivity index (χ1) is 11.2. The highest BCUT2D eigenvalue weighted by molar-refractivity contribution is 7.17. The lowest BCUT2D eigenvalue weighted by Crippen LogP contribution is -2.62. The lowest BCUT2D eigenvalue weighted by atomic mass is 9.79. The van der Waals surface area contributed by atoms with E-state index in [1.807, 2.05) is 11.4 Å². The van der Waals surface area contributed by atoms with E-state index in [0.29, 0.717) is 17.7 Å². The van der Waals surface area contributed by atoms with Crippen molar-refractivity contribution in [1.29, 1.82) is 0 Å². The van der Waals surface area contributed by atoms with Crippen LogP contribution >= 0.6 is 11.3 Å². The zero-order valence-corrected chi connectivity index (χ0v) is 13.9. The van der Waals surface area contributed by atoms with Crippen LogP contribution < -0.4 is 5.32 Å². The number of aromatic nitrogens is 1. The second-order valence-electron chi connectivity index (χ2n) is 6.47. The van der Waals surface area contributed by atoms with E-state index in [-0.39, 0.29) is 11.9 Å². The summed E-state index contributed by atoms with van der Waals surface area (Å²) in [6, 6.07) is 2.44. The van der Waals surface area contributed by atoms with Crippen molar-refractivity contribution in [1.82, 2.24) is 15.2 Å². The molecule has 0 spiro atoms. The molecule has 3 fully saturated rings. The van der Waals surface area contributed by atoms with E-state index in [9.17, 15) is 4.79 Å². The van der Waals surface area contributed by atoms with Gasteiger partial charge in [-0.2, -0.15) is 0 Å². The van der Waals surface area contributed by atoms with Crippen LogP contribution in [0.5, 0.6) is 0 Å². The number of carbonyl (C=O) groups is 1. The summed E-state index contributed by atoms with van der Waals surface area (Å²) in [7, 11) is 0. The Kier molecular flexibility index (Phi) is 3.59. The highest BCUT2D eigenvalue weighted by Gasteiger charge is 2.40. The first kappa shape index (κ1) is 14.7. The van der Waals surface area contributed by atoms with Crippen LogP contribution in [0.15, 0.2) is 17.6 Å². The van der Waals surface area contributed by atoms with Gasteiger partial charge in [0.15, 0.2) is 0 Å². The first-order valence-corrected chi connectivity index (χ1v) is 8.94. The Balaban J connectivity index is 1.58. The molecule has 3 aliphatic heterocycles. The Hall–Kier alpha value is -1.90. The molecule has 118 valence electrons. The summed E-state index contributed by atoms with van der Waals surface area (Å²) in [4.78, 5) is 19.5. The molecular formula is C18H19N3OS. The number of amides is 1. The third-order valence-corrected chi connectivity index (χ3v) is 6.26. The van der Waals surface area contributed by atoms with Crippen molar-refractivity contribution in [2.45, 2.75) is 31.8 Å². The number of carbonyl (C=O) groups excluding carboxylic acids is 1. The molecule has 0 aromatic carbocycles. The van der Waals surface area contributed by atoms with Gasteiger partial charge in [-0.05, 0) is 44.8 Å². The fourth-order valence-corrected chi connectivity index (χ4v) is 4.79. The molecule has 3 saturated heterocycles. The van der Waals surface area contributed by atoms with Gasteiger partial charge in [0, 0.05) is 34.6 Å². The fourth-order valence-electron chi connectivity index (χ4n) is 3.94. The van der Waals surface area contributed by atoms with Crippen LogP contribution in [0.4, 0.5) is 0 Å². The number of rotatable bonds is 2. The summed E-state index contributed by atoms with van der Waals surface area (Å²) in [5.74, 6) is 3.17. The van der Waals surface area contributed by atoms with Gasteiger partial charge >= 0.3 is 0 Å². The SMILES string of the molecule is C#Cc1csc2cnc(C(=O)NC3C4CCN(CC4)C3C)cc12. The van der Waals surface area contributed by atoms with Crippen molar-refractivity contribution in [2.24, 2.45) is 5.92 Å². The molecule has 5 rings (SSSR count). The molecule has 2 aromatic rings. The average molecular weight is 325 g/mol. The van der Waals surface area contributed by atoms with Crippen LogP contribution in [0.2, 0.25) is 0 Å². The van der Waals surface area contributed by atoms with Crippen molar-refractivity contribution < 1.29 is 4.79 Å². The second kappa shape index (κ2) is 5.63. The summed E-state index contributed by atoms with van der Waals surface area (Å²) in [6.45, 7) is 4.52. The highest BCUT2D eigenvalue weighted by atomic mass is 32.1. The number of hydrogen-bond acceptors (Lipinski definition) is 4. The smallest absolute Gasteiger partial charge is 0.270 e. The summed E-state index contributed by atoms with van der Waals surface area (Å²) in [5.41, 5.74) is 1.29. The van der Waals surface area contributed by atoms with Gasteiger partial charge in [0.25, 0.3) is 5.91 Å². The summed E-state index contributed by atoms with van der Waals surface area (Å²) in [5, 5.41) is 6.10. The Morgan fingerprint density at radius 3 is 2.96 bits per heavy atom. The Morgan fingerprint density at radius 1 is 1.48 bits per heavy atom. The van der Waals surface area contributed by atoms with Crippen molar-refractivity contribution in [3.8, 4) is 12.3 Å². The van der Waals surface area contributed by atoms with Crippen LogP contribution in [0.3, 0.4) is 0 Å². The minimum atomic E-state index is -0.0910. The predicted molar refractivity (Wildman–Crippen MR) is 92.6 cm³/mol. The normalized spacial score (nSPS) is 29.4. The summed E-state index contributed by atoms with van der Waals surface area (Å²) < 4.78 is 1.02. The quantitative estimate of drug-likeness (QED) is 0.863. The second-order valence-corrected chi connectivity index (χ2v) is 7.38. The van der Waals surface area contributed by atoms with E-state index in [0.717, 1.165) is 28.7 Å². The molecule has 2 atom stereocenters. The molecule has 2 aromatic heterocycles. The molecule has 5 heteroatoms. The van der Waals surface area contributed by atoms with E-state index in [2.05, 4.69) is 28.0 Å². The Morgan fingerprint density at radius 2 is 2.26 bits per heavy atom. The monoisotopic (exact) mass is 325 g/mol. The van der Waals surface area contributed by atoms with Gasteiger partial charge in [-0.25, -0.2) is 4.98 Å². The first-order valence-electron chi connectivity index (χ1n) is 8.06. The lowest BCUT2D eigenvalue weighted by molar-refractivity contribution is 0.0216. The molecule has 4 nitrogen and oxygen atoms in total. The van der Waals surface area contributed by atoms with Crippen molar-refractivity contribution in [3.63, 3.8) is 0 Å². The molecule has 5 heterocycles. The molecule has 2 unspecified atom stereocenters. The molecular weight excluding hydrogens is 306 g/mol. The largest absolute Gasteiger partial charge is 0.346 e. The third kappa shape index (κ3) is 2.43. The summed E-state index contributed by atoms with van der Waals surface area (Å²) >= 11 is 1.56. The number of pyridine rings is 1. The van der Waals surface area contributed by atoms with Gasteiger partial charge in [0.2, 0.25) is 0 Å². The number of fused-ring (bicyclic) bond motifs is 4. The predicted octanol–water partition coefficient (Wildman–Crippen LogP) is 2.49. The molecule has 0 aliphatic carbocycles. The number of terminal acetylenes is 1. The third-order valence-electron chi connectivity index (χ3n) is 5.32. The van der Waals surface area contributed by atoms with Gasteiger partial charge in [-0.1, -0.05) is 5.92 Å². The molecule has 0 radical (unpaired) electrons. The van der Waals surface area contributed by atoms with Crippen molar-refractivity contribution >= 4 is 27.3 Å². The number of piperidine rings is 3. The zero-order valence-electron chi connectivity index (χ0n) is 13.1. The number of nitrogens with one attached hydrogen (secondary N) is 1. The van der Waals surface area contributed by atoms with E-state index < -0.39 is 0 Å². The maximum absolute atomic E-state index is 12.7. The van der Waals surface area contributed by atoms with Gasteiger partial charge < -0.3 is 5.32 Å². The molecule has 3 aliphatic rings. The number of thiophene rings is 1. The van der Waals surface area contributed by atoms with Crippen LogP contribution in [0.25, 0.3) is 10.1 Å². The molecule has 23 heavy (non-hydrogen) atoms. The molecule has 0 saturated carbocycles. The van der Waals surface area contributed by atoms with E-state index >= 15 is 0 Å². The Bertz CT molecular complexity index is 796. The maximum Gasteiger partial charge on any atom is 0.270 e. The minimum absolute atomic E-state index is 0.0910.